The van der Waals surface area contributed by atoms with Gasteiger partial charge in [0.05, 0.1) is 12.0 Å². The topological polar surface area (TPSA) is 26.0 Å². The van der Waals surface area contributed by atoms with Gasteiger partial charge >= 0.3 is 0 Å². The number of nitrogens with two attached hydrogens (primary N) is 1. The lowest BCUT2D eigenvalue weighted by atomic mass is 10.3. The summed E-state index contributed by atoms with van der Waals surface area (Å²) in [4.78, 5) is 0.697. The number of halogens is 2. The maximum Gasteiger partial charge on any atom is 0.272 e. The zero-order chi connectivity index (χ0) is 8.06. The molecule has 11 heavy (non-hydrogen) atoms. The summed E-state index contributed by atoms with van der Waals surface area (Å²) in [5.41, 5.74) is 5.19. The van der Waals surface area contributed by atoms with Crippen LogP contribution in [0.1, 0.15) is 10.8 Å². The van der Waals surface area contributed by atoms with Crippen LogP contribution in [0.15, 0.2) is 17.5 Å². The van der Waals surface area contributed by atoms with Gasteiger partial charge < -0.3 is 5.73 Å². The molecule has 0 spiro atoms. The molecular weight excluding hydrogens is 168 g/mol. The Hall–Kier alpha value is -0.480. The molecule has 1 saturated carbocycles. The smallest absolute Gasteiger partial charge is 0.272 e. The van der Waals surface area contributed by atoms with E-state index >= 15 is 0 Å². The largest absolute Gasteiger partial charge is 0.322 e. The lowest BCUT2D eigenvalue weighted by molar-refractivity contribution is 0.106. The van der Waals surface area contributed by atoms with Crippen LogP contribution in [-0.2, 0) is 0 Å². The fourth-order valence-electron chi connectivity index (χ4n) is 1.19. The molecule has 1 nitrogen and oxygen atoms in total. The van der Waals surface area contributed by atoms with Crippen LogP contribution in [0.2, 0.25) is 0 Å². The minimum Gasteiger partial charge on any atom is -0.322 e. The van der Waals surface area contributed by atoms with Gasteiger partial charge in [0.2, 0.25) is 0 Å². The molecule has 0 unspecified atom stereocenters. The molecule has 2 atom stereocenters. The van der Waals surface area contributed by atoms with Crippen LogP contribution in [0.3, 0.4) is 0 Å². The monoisotopic (exact) mass is 175 g/mol. The fraction of sp³-hybridized carbons (Fsp3) is 0.429. The van der Waals surface area contributed by atoms with Gasteiger partial charge in [0.25, 0.3) is 5.92 Å². The predicted molar refractivity (Wildman–Crippen MR) is 40.0 cm³/mol. The second-order valence-corrected chi connectivity index (χ2v) is 3.67. The van der Waals surface area contributed by atoms with Crippen LogP contribution < -0.4 is 5.73 Å². The van der Waals surface area contributed by atoms with Crippen LogP contribution in [0.25, 0.3) is 0 Å². The van der Waals surface area contributed by atoms with Crippen LogP contribution in [0, 0.1) is 0 Å². The molecule has 0 aromatic carbocycles. The summed E-state index contributed by atoms with van der Waals surface area (Å²) in [6.07, 6.45) is 0. The number of rotatable bonds is 1. The molecule has 1 aliphatic carbocycles. The predicted octanol–water partition coefficient (Wildman–Crippen LogP) is 1.81. The van der Waals surface area contributed by atoms with E-state index in [1.54, 1.807) is 17.5 Å². The van der Waals surface area contributed by atoms with Gasteiger partial charge in [-0.25, -0.2) is 8.78 Å². The average Bonchev–Trinajstić information content (AvgIpc) is 2.40. The van der Waals surface area contributed by atoms with Gasteiger partial charge in [0.15, 0.2) is 0 Å². The summed E-state index contributed by atoms with van der Waals surface area (Å²) in [7, 11) is 0. The summed E-state index contributed by atoms with van der Waals surface area (Å²) < 4.78 is 25.3. The SMILES string of the molecule is N[C@@H]1[C@H](c2cccs2)C1(F)F. The van der Waals surface area contributed by atoms with Gasteiger partial charge in [-0.1, -0.05) is 6.07 Å². The van der Waals surface area contributed by atoms with Gasteiger partial charge in [0.1, 0.15) is 0 Å². The number of hydrogen-bond acceptors (Lipinski definition) is 2. The molecule has 0 radical (unpaired) electrons. The van der Waals surface area contributed by atoms with E-state index in [9.17, 15) is 8.78 Å². The Bertz CT molecular complexity index is 257. The first kappa shape index (κ1) is 7.18. The molecule has 1 aliphatic rings. The molecule has 4 heteroatoms. The zero-order valence-electron chi connectivity index (χ0n) is 5.63. The van der Waals surface area contributed by atoms with E-state index < -0.39 is 17.9 Å². The van der Waals surface area contributed by atoms with Gasteiger partial charge in [0, 0.05) is 4.88 Å². The highest BCUT2D eigenvalue weighted by atomic mass is 32.1. The molecule has 60 valence electrons. The molecule has 1 fully saturated rings. The molecular formula is C7H7F2NS. The molecule has 0 saturated heterocycles. The molecule has 2 rings (SSSR count). The normalized spacial score (nSPS) is 33.7. The minimum absolute atomic E-state index is 0.697. The van der Waals surface area contributed by atoms with Crippen molar-refractivity contribution in [2.75, 3.05) is 0 Å². The molecule has 2 N–H and O–H groups in total. The maximum atomic E-state index is 12.6. The van der Waals surface area contributed by atoms with Crippen molar-refractivity contribution in [3.8, 4) is 0 Å². The minimum atomic E-state index is -2.66. The lowest BCUT2D eigenvalue weighted by Crippen LogP contribution is -2.08. The number of alkyl halides is 2. The van der Waals surface area contributed by atoms with Crippen LogP contribution in [0.5, 0.6) is 0 Å². The molecule has 1 aromatic rings. The maximum absolute atomic E-state index is 12.6. The Morgan fingerprint density at radius 3 is 2.55 bits per heavy atom. The van der Waals surface area contributed by atoms with E-state index in [4.69, 9.17) is 5.73 Å². The van der Waals surface area contributed by atoms with Crippen molar-refractivity contribution in [3.05, 3.63) is 22.4 Å². The fourth-order valence-corrected chi connectivity index (χ4v) is 2.11. The summed E-state index contributed by atoms with van der Waals surface area (Å²) in [5.74, 6) is -3.38. The first-order chi connectivity index (χ1) is 5.14. The Morgan fingerprint density at radius 2 is 2.18 bits per heavy atom. The van der Waals surface area contributed by atoms with Crippen LogP contribution >= 0.6 is 11.3 Å². The summed E-state index contributed by atoms with van der Waals surface area (Å²) in [6, 6.07) is 2.51. The van der Waals surface area contributed by atoms with Crippen molar-refractivity contribution in [3.63, 3.8) is 0 Å². The Labute approximate surface area is 66.8 Å². The van der Waals surface area contributed by atoms with E-state index in [0.717, 1.165) is 0 Å². The zero-order valence-corrected chi connectivity index (χ0v) is 6.44. The van der Waals surface area contributed by atoms with Crippen molar-refractivity contribution in [1.29, 1.82) is 0 Å². The Kier molecular flexibility index (Phi) is 1.32. The lowest BCUT2D eigenvalue weighted by Gasteiger charge is -1.89. The average molecular weight is 175 g/mol. The molecule has 1 heterocycles. The van der Waals surface area contributed by atoms with Gasteiger partial charge in [-0.05, 0) is 11.4 Å². The standard InChI is InChI=1S/C7H7F2NS/c8-7(9)5(6(7)10)4-2-1-3-11-4/h1-3,5-6H,10H2/t5-,6+/m0/s1. The van der Waals surface area contributed by atoms with Crippen molar-refractivity contribution >= 4 is 11.3 Å². The first-order valence-corrected chi connectivity index (χ1v) is 4.19. The van der Waals surface area contributed by atoms with Gasteiger partial charge in [-0.3, -0.25) is 0 Å². The van der Waals surface area contributed by atoms with Crippen molar-refractivity contribution < 1.29 is 8.78 Å². The third-order valence-electron chi connectivity index (χ3n) is 1.96. The summed E-state index contributed by atoms with van der Waals surface area (Å²) in [5, 5.41) is 1.79. The quantitative estimate of drug-likeness (QED) is 0.692. The summed E-state index contributed by atoms with van der Waals surface area (Å²) in [6.45, 7) is 0. The molecule has 0 aliphatic heterocycles. The van der Waals surface area contributed by atoms with Crippen LogP contribution in [0.4, 0.5) is 8.78 Å². The van der Waals surface area contributed by atoms with Crippen molar-refractivity contribution in [2.24, 2.45) is 5.73 Å². The van der Waals surface area contributed by atoms with Crippen molar-refractivity contribution in [2.45, 2.75) is 17.9 Å². The number of thiophene rings is 1. The molecule has 1 aromatic heterocycles. The Morgan fingerprint density at radius 1 is 1.55 bits per heavy atom. The molecule has 0 bridgehead atoms. The van der Waals surface area contributed by atoms with Gasteiger partial charge in [-0.15, -0.1) is 11.3 Å². The Balaban J connectivity index is 2.23. The second-order valence-electron chi connectivity index (χ2n) is 2.69. The van der Waals surface area contributed by atoms with E-state index in [1.165, 1.54) is 11.3 Å². The van der Waals surface area contributed by atoms with Crippen molar-refractivity contribution in [1.82, 2.24) is 0 Å². The van der Waals surface area contributed by atoms with Gasteiger partial charge in [-0.2, -0.15) is 0 Å². The highest BCUT2D eigenvalue weighted by molar-refractivity contribution is 7.10. The van der Waals surface area contributed by atoms with E-state index in [0.29, 0.717) is 4.88 Å². The van der Waals surface area contributed by atoms with Crippen LogP contribution in [-0.4, -0.2) is 12.0 Å². The highest BCUT2D eigenvalue weighted by Crippen LogP contribution is 2.55. The van der Waals surface area contributed by atoms with E-state index in [1.807, 2.05) is 0 Å². The third-order valence-corrected chi connectivity index (χ3v) is 2.91. The highest BCUT2D eigenvalue weighted by Gasteiger charge is 2.67. The molecule has 0 amide bonds. The van der Waals surface area contributed by atoms with E-state index in [2.05, 4.69) is 0 Å². The number of hydrogen-bond donors (Lipinski definition) is 1. The second kappa shape index (κ2) is 2.01. The third kappa shape index (κ3) is 0.895. The first-order valence-electron chi connectivity index (χ1n) is 3.31. The summed E-state index contributed by atoms with van der Waals surface area (Å²) >= 11 is 1.34. The van der Waals surface area contributed by atoms with E-state index in [-0.39, 0.29) is 0 Å².